The van der Waals surface area contributed by atoms with Crippen molar-refractivity contribution in [2.45, 2.75) is 0 Å². The summed E-state index contributed by atoms with van der Waals surface area (Å²) in [4.78, 5) is 37.7. The first-order valence-electron chi connectivity index (χ1n) is 9.46. The average Bonchev–Trinajstić information content (AvgIpc) is 3.05. The minimum atomic E-state index is -0.570. The van der Waals surface area contributed by atoms with Gasteiger partial charge in [-0.3, -0.25) is 9.59 Å². The van der Waals surface area contributed by atoms with Crippen LogP contribution in [0.5, 0.6) is 17.2 Å². The van der Waals surface area contributed by atoms with Crippen LogP contribution in [0.1, 0.15) is 36.6 Å². The number of ketones is 2. The smallest absolute Gasteiger partial charge is 0.343 e. The Hall–Kier alpha value is -4.19. The molecule has 31 heavy (non-hydrogen) atoms. The molecule has 0 bridgehead atoms. The topological polar surface area (TPSA) is 78.9 Å². The van der Waals surface area contributed by atoms with Crippen molar-refractivity contribution >= 4 is 23.6 Å². The highest BCUT2D eigenvalue weighted by molar-refractivity contribution is 6.41. The quantitative estimate of drug-likeness (QED) is 0.267. The number of allylic oxidation sites excluding steroid dienone is 1. The summed E-state index contributed by atoms with van der Waals surface area (Å²) >= 11 is 0. The van der Waals surface area contributed by atoms with E-state index in [0.29, 0.717) is 33.8 Å². The van der Waals surface area contributed by atoms with Crippen molar-refractivity contribution < 1.29 is 28.6 Å². The first-order valence-corrected chi connectivity index (χ1v) is 9.46. The van der Waals surface area contributed by atoms with Gasteiger partial charge in [0.1, 0.15) is 5.75 Å². The molecule has 0 aliphatic heterocycles. The van der Waals surface area contributed by atoms with E-state index in [2.05, 4.69) is 0 Å². The first kappa shape index (κ1) is 20.1. The third-order valence-electron chi connectivity index (χ3n) is 4.91. The van der Waals surface area contributed by atoms with Crippen molar-refractivity contribution in [3.63, 3.8) is 0 Å². The van der Waals surface area contributed by atoms with Crippen molar-refractivity contribution in [3.05, 3.63) is 94.6 Å². The van der Waals surface area contributed by atoms with E-state index >= 15 is 0 Å². The van der Waals surface area contributed by atoms with Gasteiger partial charge in [0.15, 0.2) is 23.1 Å². The minimum absolute atomic E-state index is 0.0874. The SMILES string of the molecule is COc1cccc(C(=O)Oc2ccc(C=C3C(=O)c4ccccc4C3=O)cc2OC)c1. The molecule has 3 aromatic rings. The fourth-order valence-corrected chi connectivity index (χ4v) is 3.34. The Labute approximate surface area is 178 Å². The molecule has 0 amide bonds. The summed E-state index contributed by atoms with van der Waals surface area (Å²) < 4.78 is 15.9. The molecule has 0 fully saturated rings. The molecule has 1 aliphatic rings. The Morgan fingerprint density at radius 2 is 1.48 bits per heavy atom. The number of esters is 1. The molecule has 3 aromatic carbocycles. The van der Waals surface area contributed by atoms with Crippen molar-refractivity contribution in [2.75, 3.05) is 14.2 Å². The Morgan fingerprint density at radius 3 is 2.13 bits per heavy atom. The van der Waals surface area contributed by atoms with E-state index in [9.17, 15) is 14.4 Å². The lowest BCUT2D eigenvalue weighted by atomic mass is 10.1. The summed E-state index contributed by atoms with van der Waals surface area (Å²) in [6.07, 6.45) is 1.51. The van der Waals surface area contributed by atoms with Gasteiger partial charge in [-0.25, -0.2) is 4.79 Å². The largest absolute Gasteiger partial charge is 0.497 e. The molecule has 0 unspecified atom stereocenters. The molecule has 0 radical (unpaired) electrons. The highest BCUT2D eigenvalue weighted by Gasteiger charge is 2.32. The Morgan fingerprint density at radius 1 is 0.774 bits per heavy atom. The monoisotopic (exact) mass is 414 g/mol. The molecule has 6 nitrogen and oxygen atoms in total. The van der Waals surface area contributed by atoms with E-state index in [-0.39, 0.29) is 22.9 Å². The van der Waals surface area contributed by atoms with Gasteiger partial charge in [-0.2, -0.15) is 0 Å². The molecule has 154 valence electrons. The van der Waals surface area contributed by atoms with E-state index < -0.39 is 5.97 Å². The van der Waals surface area contributed by atoms with Gasteiger partial charge in [-0.15, -0.1) is 0 Å². The Bertz CT molecular complexity index is 1200. The van der Waals surface area contributed by atoms with Crippen molar-refractivity contribution in [1.82, 2.24) is 0 Å². The third kappa shape index (κ3) is 3.83. The van der Waals surface area contributed by atoms with Gasteiger partial charge in [0.05, 0.1) is 25.4 Å². The molecule has 0 spiro atoms. The lowest BCUT2D eigenvalue weighted by Crippen LogP contribution is -2.09. The number of carbonyl (C=O) groups is 3. The van der Waals surface area contributed by atoms with Crippen LogP contribution in [0.15, 0.2) is 72.3 Å². The van der Waals surface area contributed by atoms with Gasteiger partial charge in [0, 0.05) is 11.1 Å². The molecule has 0 heterocycles. The maximum Gasteiger partial charge on any atom is 0.343 e. The highest BCUT2D eigenvalue weighted by atomic mass is 16.6. The van der Waals surface area contributed by atoms with E-state index in [0.717, 1.165) is 0 Å². The number of Topliss-reactive ketones (excluding diaryl/α,β-unsaturated/α-hetero) is 2. The number of hydrogen-bond acceptors (Lipinski definition) is 6. The van der Waals surface area contributed by atoms with Crippen molar-refractivity contribution in [2.24, 2.45) is 0 Å². The number of ether oxygens (including phenoxy) is 3. The zero-order valence-corrected chi connectivity index (χ0v) is 16.9. The molecular formula is C25H18O6. The van der Waals surface area contributed by atoms with Crippen LogP contribution in [0.25, 0.3) is 6.08 Å². The molecule has 0 saturated heterocycles. The van der Waals surface area contributed by atoms with Crippen molar-refractivity contribution in [1.29, 1.82) is 0 Å². The van der Waals surface area contributed by atoms with Crippen LogP contribution in [0.2, 0.25) is 0 Å². The minimum Gasteiger partial charge on any atom is -0.497 e. The summed E-state index contributed by atoms with van der Waals surface area (Å²) in [5.41, 5.74) is 1.78. The van der Waals surface area contributed by atoms with Crippen LogP contribution < -0.4 is 14.2 Å². The number of fused-ring (bicyclic) bond motifs is 1. The van der Waals surface area contributed by atoms with Crippen LogP contribution in [0.3, 0.4) is 0 Å². The number of benzene rings is 3. The van der Waals surface area contributed by atoms with Crippen LogP contribution in [0.4, 0.5) is 0 Å². The lowest BCUT2D eigenvalue weighted by Gasteiger charge is -2.10. The Kier molecular flexibility index (Phi) is 5.37. The lowest BCUT2D eigenvalue weighted by molar-refractivity contribution is 0.0729. The van der Waals surface area contributed by atoms with Crippen LogP contribution in [0, 0.1) is 0 Å². The summed E-state index contributed by atoms with van der Waals surface area (Å²) in [5, 5.41) is 0. The molecule has 1 aliphatic carbocycles. The van der Waals surface area contributed by atoms with Gasteiger partial charge in [-0.1, -0.05) is 36.4 Å². The molecule has 0 saturated carbocycles. The van der Waals surface area contributed by atoms with E-state index in [4.69, 9.17) is 14.2 Å². The van der Waals surface area contributed by atoms with Gasteiger partial charge >= 0.3 is 5.97 Å². The summed E-state index contributed by atoms with van der Waals surface area (Å²) in [7, 11) is 2.95. The fourth-order valence-electron chi connectivity index (χ4n) is 3.34. The zero-order valence-electron chi connectivity index (χ0n) is 16.9. The second-order valence-electron chi connectivity index (χ2n) is 6.79. The van der Waals surface area contributed by atoms with Crippen LogP contribution in [-0.2, 0) is 0 Å². The number of hydrogen-bond donors (Lipinski definition) is 0. The van der Waals surface area contributed by atoms with Gasteiger partial charge in [0.25, 0.3) is 0 Å². The zero-order chi connectivity index (χ0) is 22.0. The highest BCUT2D eigenvalue weighted by Crippen LogP contribution is 2.32. The summed E-state index contributed by atoms with van der Waals surface area (Å²) in [5.74, 6) is -0.151. The Balaban J connectivity index is 1.60. The summed E-state index contributed by atoms with van der Waals surface area (Å²) in [6, 6.07) is 18.1. The van der Waals surface area contributed by atoms with E-state index in [1.54, 1.807) is 66.7 Å². The maximum atomic E-state index is 12.6. The normalized spacial score (nSPS) is 12.4. The van der Waals surface area contributed by atoms with Gasteiger partial charge < -0.3 is 14.2 Å². The third-order valence-corrected chi connectivity index (χ3v) is 4.91. The van der Waals surface area contributed by atoms with E-state index in [1.807, 2.05) is 0 Å². The van der Waals surface area contributed by atoms with Crippen molar-refractivity contribution in [3.8, 4) is 17.2 Å². The molecule has 0 aromatic heterocycles. The summed E-state index contributed by atoms with van der Waals surface area (Å²) in [6.45, 7) is 0. The predicted octanol–water partition coefficient (Wildman–Crippen LogP) is 4.39. The second kappa shape index (κ2) is 8.28. The maximum absolute atomic E-state index is 12.6. The average molecular weight is 414 g/mol. The van der Waals surface area contributed by atoms with Gasteiger partial charge in [-0.05, 0) is 42.0 Å². The fraction of sp³-hybridized carbons (Fsp3) is 0.0800. The molecule has 0 N–H and O–H groups in total. The van der Waals surface area contributed by atoms with Gasteiger partial charge in [0.2, 0.25) is 0 Å². The molecule has 4 rings (SSSR count). The predicted molar refractivity (Wildman–Crippen MR) is 114 cm³/mol. The first-order chi connectivity index (χ1) is 15.0. The molecular weight excluding hydrogens is 396 g/mol. The second-order valence-corrected chi connectivity index (χ2v) is 6.79. The standard InChI is InChI=1S/C25H18O6/c1-29-17-7-5-6-16(14-17)25(28)31-21-11-10-15(13-22(21)30-2)12-20-23(26)18-8-3-4-9-19(18)24(20)27/h3-14H,1-2H3. The molecule has 6 heteroatoms. The molecule has 0 atom stereocenters. The number of rotatable bonds is 5. The van der Waals surface area contributed by atoms with E-state index in [1.165, 1.54) is 20.3 Å². The number of methoxy groups -OCH3 is 2. The number of carbonyl (C=O) groups excluding carboxylic acids is 3. The van der Waals surface area contributed by atoms with Crippen LogP contribution in [-0.4, -0.2) is 31.8 Å². The van der Waals surface area contributed by atoms with Crippen LogP contribution >= 0.6 is 0 Å².